The summed E-state index contributed by atoms with van der Waals surface area (Å²) in [4.78, 5) is 5.33. The molecule has 0 fully saturated rings. The zero-order valence-corrected chi connectivity index (χ0v) is 15.8. The normalized spacial score (nSPS) is 13.2. The summed E-state index contributed by atoms with van der Waals surface area (Å²) in [5, 5.41) is 11.6. The summed E-state index contributed by atoms with van der Waals surface area (Å²) in [6.45, 7) is 8.28. The minimum atomic E-state index is -3.63. The Morgan fingerprint density at radius 1 is 1.41 bits per heavy atom. The maximum atomic E-state index is 11.3. The maximum Gasteiger partial charge on any atom is 0.247 e. The Kier molecular flexibility index (Phi) is 7.17. The first-order chi connectivity index (χ1) is 10.2. The van der Waals surface area contributed by atoms with Crippen LogP contribution in [-0.2, 0) is 16.6 Å². The number of thioether (sulfide) groups is 1. The smallest absolute Gasteiger partial charge is 0.247 e. The highest BCUT2D eigenvalue weighted by atomic mass is 32.2. The van der Waals surface area contributed by atoms with Gasteiger partial charge in [0.05, 0.1) is 6.54 Å². The molecule has 4 N–H and O–H groups in total. The molecule has 0 aliphatic heterocycles. The van der Waals surface area contributed by atoms with Gasteiger partial charge in [0.2, 0.25) is 10.0 Å². The summed E-state index contributed by atoms with van der Waals surface area (Å²) < 4.78 is 22.8. The lowest BCUT2D eigenvalue weighted by Crippen LogP contribution is -2.43. The molecule has 9 heteroatoms. The first-order valence-corrected chi connectivity index (χ1v) is 10.5. The number of hydrogen-bond donors (Lipinski definition) is 3. The Labute approximate surface area is 141 Å². The van der Waals surface area contributed by atoms with Crippen LogP contribution in [0.2, 0.25) is 0 Å². The van der Waals surface area contributed by atoms with Gasteiger partial charge in [0.25, 0.3) is 0 Å². The van der Waals surface area contributed by atoms with Crippen LogP contribution in [0.15, 0.2) is 21.3 Å². The predicted octanol–water partition coefficient (Wildman–Crippen LogP) is 1.59. The van der Waals surface area contributed by atoms with E-state index in [0.29, 0.717) is 6.54 Å². The van der Waals surface area contributed by atoms with Crippen molar-refractivity contribution < 1.29 is 8.42 Å². The second-order valence-electron chi connectivity index (χ2n) is 5.28. The molecule has 0 saturated carbocycles. The third-order valence-corrected chi connectivity index (χ3v) is 6.65. The van der Waals surface area contributed by atoms with Crippen molar-refractivity contribution in [1.29, 1.82) is 0 Å². The zero-order chi connectivity index (χ0) is 16.8. The van der Waals surface area contributed by atoms with Crippen LogP contribution >= 0.6 is 23.1 Å². The maximum absolute atomic E-state index is 11.3. The average molecular weight is 365 g/mol. The molecule has 0 aromatic carbocycles. The molecule has 0 amide bonds. The molecule has 1 heterocycles. The third-order valence-electron chi connectivity index (χ3n) is 2.89. The van der Waals surface area contributed by atoms with E-state index in [9.17, 15) is 8.42 Å². The van der Waals surface area contributed by atoms with Gasteiger partial charge in [0.15, 0.2) is 5.96 Å². The number of aliphatic imine (C=N–C) groups is 1. The Hall–Kier alpha value is -0.770. The minimum Gasteiger partial charge on any atom is -0.357 e. The summed E-state index contributed by atoms with van der Waals surface area (Å²) in [7, 11) is -3.63. The average Bonchev–Trinajstić information content (AvgIpc) is 2.91. The molecule has 6 nitrogen and oxygen atoms in total. The molecule has 1 aromatic heterocycles. The molecule has 0 spiro atoms. The zero-order valence-electron chi connectivity index (χ0n) is 13.3. The van der Waals surface area contributed by atoms with E-state index in [4.69, 9.17) is 5.14 Å². The van der Waals surface area contributed by atoms with Crippen molar-refractivity contribution in [2.24, 2.45) is 10.1 Å². The van der Waals surface area contributed by atoms with Gasteiger partial charge in [-0.2, -0.15) is 11.8 Å². The molecule has 0 radical (unpaired) electrons. The van der Waals surface area contributed by atoms with Gasteiger partial charge in [-0.05, 0) is 39.2 Å². The number of guanidine groups is 1. The van der Waals surface area contributed by atoms with Gasteiger partial charge in [-0.3, -0.25) is 0 Å². The monoisotopic (exact) mass is 364 g/mol. The molecule has 0 bridgehead atoms. The fraction of sp³-hybridized carbons (Fsp3) is 0.615. The number of primary sulfonamides is 1. The Morgan fingerprint density at radius 3 is 2.59 bits per heavy atom. The molecule has 0 atom stereocenters. The largest absolute Gasteiger partial charge is 0.357 e. The first-order valence-electron chi connectivity index (χ1n) is 6.87. The molecule has 126 valence electrons. The van der Waals surface area contributed by atoms with Crippen molar-refractivity contribution in [2.45, 2.75) is 36.3 Å². The van der Waals surface area contributed by atoms with Gasteiger partial charge in [-0.1, -0.05) is 0 Å². The quantitative estimate of drug-likeness (QED) is 0.504. The van der Waals surface area contributed by atoms with E-state index in [1.54, 1.807) is 17.8 Å². The van der Waals surface area contributed by atoms with Gasteiger partial charge < -0.3 is 10.6 Å². The summed E-state index contributed by atoms with van der Waals surface area (Å²) in [5.74, 6) is 0.718. The van der Waals surface area contributed by atoms with Gasteiger partial charge in [-0.25, -0.2) is 18.5 Å². The molecule has 0 unspecified atom stereocenters. The number of thiophene rings is 1. The molecular weight excluding hydrogens is 340 g/mol. The van der Waals surface area contributed by atoms with E-state index in [1.165, 1.54) is 6.07 Å². The fourth-order valence-electron chi connectivity index (χ4n) is 1.46. The van der Waals surface area contributed by atoms with E-state index in [2.05, 4.69) is 35.7 Å². The van der Waals surface area contributed by atoms with E-state index in [1.807, 2.05) is 6.92 Å². The van der Waals surface area contributed by atoms with Crippen LogP contribution in [0, 0.1) is 0 Å². The summed E-state index contributed by atoms with van der Waals surface area (Å²) in [6.07, 6.45) is 2.08. The molecule has 0 aliphatic carbocycles. The van der Waals surface area contributed by atoms with Crippen molar-refractivity contribution in [2.75, 3.05) is 19.3 Å². The first kappa shape index (κ1) is 19.3. The lowest BCUT2D eigenvalue weighted by Gasteiger charge is -2.23. The number of sulfonamides is 1. The SMILES string of the molecule is CCNC(=NCc1ccc(S(N)(=O)=O)s1)NCC(C)(C)SC. The van der Waals surface area contributed by atoms with E-state index in [-0.39, 0.29) is 8.96 Å². The number of hydrogen-bond acceptors (Lipinski definition) is 5. The van der Waals surface area contributed by atoms with Crippen LogP contribution in [0.5, 0.6) is 0 Å². The van der Waals surface area contributed by atoms with Gasteiger partial charge in [0, 0.05) is 22.7 Å². The second kappa shape index (κ2) is 8.19. The van der Waals surface area contributed by atoms with Crippen LogP contribution in [-0.4, -0.2) is 38.5 Å². The van der Waals surface area contributed by atoms with Crippen LogP contribution in [0.1, 0.15) is 25.6 Å². The highest BCUT2D eigenvalue weighted by Gasteiger charge is 2.16. The van der Waals surface area contributed by atoms with Crippen molar-refractivity contribution >= 4 is 39.1 Å². The van der Waals surface area contributed by atoms with Gasteiger partial charge >= 0.3 is 0 Å². The molecule has 22 heavy (non-hydrogen) atoms. The lowest BCUT2D eigenvalue weighted by molar-refractivity contribution is 0.600. The van der Waals surface area contributed by atoms with Gasteiger partial charge in [0.1, 0.15) is 4.21 Å². The van der Waals surface area contributed by atoms with Crippen LogP contribution in [0.25, 0.3) is 0 Å². The lowest BCUT2D eigenvalue weighted by atomic mass is 10.2. The summed E-state index contributed by atoms with van der Waals surface area (Å²) in [6, 6.07) is 3.26. The van der Waals surface area contributed by atoms with Crippen molar-refractivity contribution in [3.8, 4) is 0 Å². The molecule has 0 aliphatic rings. The van der Waals surface area contributed by atoms with Crippen LogP contribution < -0.4 is 15.8 Å². The van der Waals surface area contributed by atoms with Crippen molar-refractivity contribution in [3.05, 3.63) is 17.0 Å². The van der Waals surface area contributed by atoms with E-state index >= 15 is 0 Å². The Balaban J connectivity index is 2.71. The van der Waals surface area contributed by atoms with Crippen LogP contribution in [0.4, 0.5) is 0 Å². The molecular formula is C13H24N4O2S3. The highest BCUT2D eigenvalue weighted by Crippen LogP contribution is 2.21. The Bertz CT molecular complexity index is 609. The van der Waals surface area contributed by atoms with Gasteiger partial charge in [-0.15, -0.1) is 11.3 Å². The van der Waals surface area contributed by atoms with Crippen LogP contribution in [0.3, 0.4) is 0 Å². The number of nitrogens with zero attached hydrogens (tertiary/aromatic N) is 1. The Morgan fingerprint density at radius 2 is 2.09 bits per heavy atom. The standard InChI is InChI=1S/C13H24N4O2S3/c1-5-15-12(17-9-13(2,3)20-4)16-8-10-6-7-11(21-10)22(14,18)19/h6-7H,5,8-9H2,1-4H3,(H2,14,18,19)(H2,15,16,17). The van der Waals surface area contributed by atoms with E-state index < -0.39 is 10.0 Å². The summed E-state index contributed by atoms with van der Waals surface area (Å²) in [5.41, 5.74) is 0. The number of rotatable bonds is 7. The third kappa shape index (κ3) is 6.55. The topological polar surface area (TPSA) is 96.6 Å². The molecule has 1 aromatic rings. The van der Waals surface area contributed by atoms with Crippen molar-refractivity contribution in [3.63, 3.8) is 0 Å². The molecule has 1 rings (SSSR count). The minimum absolute atomic E-state index is 0.111. The predicted molar refractivity (Wildman–Crippen MR) is 96.1 cm³/mol. The fourth-order valence-corrected chi connectivity index (χ4v) is 3.38. The van der Waals surface area contributed by atoms with E-state index in [0.717, 1.165) is 35.3 Å². The number of nitrogens with two attached hydrogens (primary N) is 1. The molecule has 0 saturated heterocycles. The second-order valence-corrected chi connectivity index (χ2v) is 9.75. The summed E-state index contributed by atoms with van der Waals surface area (Å²) >= 11 is 2.93. The number of nitrogens with one attached hydrogen (secondary N) is 2. The highest BCUT2D eigenvalue weighted by molar-refractivity contribution is 7.99. The van der Waals surface area contributed by atoms with Crippen molar-refractivity contribution in [1.82, 2.24) is 10.6 Å².